The Balaban J connectivity index is -0.000000160. The number of nitrogens with one attached hydrogen (secondary N) is 2. The molecule has 12 nitrogen and oxygen atoms in total. The topological polar surface area (TPSA) is 175 Å². The standard InChI is InChI=1S/C11H16NO5P.C6H14NO5P.2C2H6.2CH4/c1-16-18(14,15)17-8-7-12-11(13)9-10-5-3-2-4-6-10;1-3-6(8)7-4-5-12-13(9,10)11-2;2*1-2;;/h2-6H,7-9H2,1H3,(H,12,13)(H,14,15);3-5H2,1-2H3,(H,7,8)(H,9,10);2*1-2H3;2*1H4/p-2. The summed E-state index contributed by atoms with van der Waals surface area (Å²) in [6.07, 6.45) is 0.611. The van der Waals surface area contributed by atoms with Crippen LogP contribution in [0.2, 0.25) is 0 Å². The van der Waals surface area contributed by atoms with E-state index >= 15 is 0 Å². The van der Waals surface area contributed by atoms with Gasteiger partial charge in [0.25, 0.3) is 15.6 Å². The van der Waals surface area contributed by atoms with Crippen molar-refractivity contribution in [3.8, 4) is 0 Å². The highest BCUT2D eigenvalue weighted by molar-refractivity contribution is 7.46. The second kappa shape index (κ2) is 28.9. The smallest absolute Gasteiger partial charge is 0.267 e. The molecule has 14 heteroatoms. The van der Waals surface area contributed by atoms with Gasteiger partial charge in [-0.2, -0.15) is 0 Å². The Kier molecular flexibility index (Phi) is 35.4. The molecule has 0 spiro atoms. The van der Waals surface area contributed by atoms with Crippen molar-refractivity contribution >= 4 is 27.5 Å². The van der Waals surface area contributed by atoms with E-state index in [9.17, 15) is 28.5 Å². The summed E-state index contributed by atoms with van der Waals surface area (Å²) in [5.74, 6) is -0.343. The summed E-state index contributed by atoms with van der Waals surface area (Å²) in [4.78, 5) is 43.5. The van der Waals surface area contributed by atoms with Crippen LogP contribution in [0.3, 0.4) is 0 Å². The van der Waals surface area contributed by atoms with Gasteiger partial charge in [0, 0.05) is 33.7 Å². The van der Waals surface area contributed by atoms with E-state index in [1.165, 1.54) is 0 Å². The predicted molar refractivity (Wildman–Crippen MR) is 144 cm³/mol. The summed E-state index contributed by atoms with van der Waals surface area (Å²) in [6.45, 7) is 9.71. The molecule has 2 atom stereocenters. The highest BCUT2D eigenvalue weighted by atomic mass is 31.2. The molecule has 0 aliphatic heterocycles. The maximum atomic E-state index is 11.5. The molecule has 2 amide bonds. The van der Waals surface area contributed by atoms with Crippen LogP contribution in [0.15, 0.2) is 30.3 Å². The minimum Gasteiger partial charge on any atom is -0.756 e. The maximum absolute atomic E-state index is 11.5. The van der Waals surface area contributed by atoms with E-state index in [-0.39, 0.29) is 59.4 Å². The Labute approximate surface area is 223 Å². The SMILES string of the molecule is C.C.CC.CC.CCC(=O)NCCOP(=O)([O-])OC.COP(=O)([O-])OCCNC(=O)Cc1ccccc1. The fourth-order valence-electron chi connectivity index (χ4n) is 1.77. The van der Waals surface area contributed by atoms with E-state index in [1.807, 2.05) is 58.0 Å². The van der Waals surface area contributed by atoms with Crippen molar-refractivity contribution < 1.29 is 46.6 Å². The number of amides is 2. The van der Waals surface area contributed by atoms with Gasteiger partial charge in [0.2, 0.25) is 11.8 Å². The lowest BCUT2D eigenvalue weighted by Crippen LogP contribution is -2.28. The Hall–Kier alpha value is -1.62. The van der Waals surface area contributed by atoms with E-state index in [0.29, 0.717) is 6.42 Å². The zero-order chi connectivity index (χ0) is 27.8. The van der Waals surface area contributed by atoms with Crippen LogP contribution in [-0.2, 0) is 43.2 Å². The van der Waals surface area contributed by atoms with E-state index in [4.69, 9.17) is 0 Å². The molecule has 222 valence electrons. The lowest BCUT2D eigenvalue weighted by molar-refractivity contribution is -0.224. The van der Waals surface area contributed by atoms with Crippen LogP contribution in [0.5, 0.6) is 0 Å². The second-order valence-electron chi connectivity index (χ2n) is 5.64. The van der Waals surface area contributed by atoms with Gasteiger partial charge in [-0.1, -0.05) is 79.8 Å². The van der Waals surface area contributed by atoms with Crippen LogP contribution < -0.4 is 20.4 Å². The number of hydrogen-bond donors (Lipinski definition) is 2. The monoisotopic (exact) mass is 574 g/mol. The highest BCUT2D eigenvalue weighted by Gasteiger charge is 2.07. The first kappa shape index (κ1) is 45.3. The van der Waals surface area contributed by atoms with Crippen molar-refractivity contribution in [1.29, 1.82) is 0 Å². The fraction of sp³-hybridized carbons (Fsp3) is 0.652. The van der Waals surface area contributed by atoms with Gasteiger partial charge in [-0.3, -0.25) is 18.7 Å². The van der Waals surface area contributed by atoms with Crippen LogP contribution in [0.4, 0.5) is 0 Å². The van der Waals surface area contributed by atoms with E-state index in [1.54, 1.807) is 6.92 Å². The second-order valence-corrected chi connectivity index (χ2v) is 8.68. The fourth-order valence-corrected chi connectivity index (χ4v) is 2.61. The van der Waals surface area contributed by atoms with Crippen LogP contribution in [0.25, 0.3) is 0 Å². The van der Waals surface area contributed by atoms with Crippen LogP contribution >= 0.6 is 15.6 Å². The molecule has 0 aliphatic rings. The van der Waals surface area contributed by atoms with Crippen molar-refractivity contribution in [2.75, 3.05) is 40.5 Å². The third kappa shape index (κ3) is 30.5. The number of hydrogen-bond acceptors (Lipinski definition) is 10. The van der Waals surface area contributed by atoms with Gasteiger partial charge in [-0.25, -0.2) is 0 Å². The molecule has 1 aromatic rings. The zero-order valence-corrected chi connectivity index (χ0v) is 23.4. The normalized spacial score (nSPS) is 12.4. The van der Waals surface area contributed by atoms with E-state index < -0.39 is 15.6 Å². The maximum Gasteiger partial charge on any atom is 0.267 e. The first-order valence-corrected chi connectivity index (χ1v) is 14.1. The average molecular weight is 575 g/mol. The van der Waals surface area contributed by atoms with Crippen molar-refractivity contribution in [1.82, 2.24) is 10.6 Å². The molecule has 0 bridgehead atoms. The Morgan fingerprint density at radius 2 is 1.16 bits per heavy atom. The first-order chi connectivity index (χ1) is 16.5. The molecule has 0 radical (unpaired) electrons. The van der Waals surface area contributed by atoms with Gasteiger partial charge in [0.05, 0.1) is 19.6 Å². The number of phosphoric ester groups is 2. The van der Waals surface area contributed by atoms with Crippen LogP contribution in [0.1, 0.15) is 61.5 Å². The summed E-state index contributed by atoms with van der Waals surface area (Å²) >= 11 is 0. The third-order valence-corrected chi connectivity index (χ3v) is 5.22. The molecule has 0 fully saturated rings. The molecule has 0 aromatic heterocycles. The highest BCUT2D eigenvalue weighted by Crippen LogP contribution is 2.36. The quantitative estimate of drug-likeness (QED) is 0.262. The van der Waals surface area contributed by atoms with Gasteiger partial charge < -0.3 is 38.5 Å². The van der Waals surface area contributed by atoms with Crippen molar-refractivity contribution in [3.05, 3.63) is 35.9 Å². The van der Waals surface area contributed by atoms with Gasteiger partial charge in [0.1, 0.15) is 0 Å². The molecule has 37 heavy (non-hydrogen) atoms. The minimum atomic E-state index is -4.20. The number of benzene rings is 1. The average Bonchev–Trinajstić information content (AvgIpc) is 2.88. The van der Waals surface area contributed by atoms with Crippen molar-refractivity contribution in [2.45, 2.75) is 62.3 Å². The number of carbonyl (C=O) groups excluding carboxylic acids is 2. The third-order valence-electron chi connectivity index (χ3n) is 3.32. The summed E-state index contributed by atoms with van der Waals surface area (Å²) in [6, 6.07) is 9.24. The number of carbonyl (C=O) groups is 2. The molecule has 1 rings (SSSR count). The summed E-state index contributed by atoms with van der Waals surface area (Å²) in [5.41, 5.74) is 0.891. The van der Waals surface area contributed by atoms with Gasteiger partial charge in [0.15, 0.2) is 0 Å². The predicted octanol–water partition coefficient (Wildman–Crippen LogP) is 3.45. The Morgan fingerprint density at radius 3 is 1.51 bits per heavy atom. The van der Waals surface area contributed by atoms with Crippen LogP contribution in [-0.4, -0.2) is 52.3 Å². The van der Waals surface area contributed by atoms with E-state index in [0.717, 1.165) is 19.8 Å². The minimum absolute atomic E-state index is 0. The van der Waals surface area contributed by atoms with E-state index in [2.05, 4.69) is 28.7 Å². The summed E-state index contributed by atoms with van der Waals surface area (Å²) in [5, 5.41) is 5.00. The lowest BCUT2D eigenvalue weighted by atomic mass is 10.1. The molecule has 0 saturated heterocycles. The lowest BCUT2D eigenvalue weighted by Gasteiger charge is -2.20. The van der Waals surface area contributed by atoms with Gasteiger partial charge in [-0.15, -0.1) is 0 Å². The number of rotatable bonds is 13. The summed E-state index contributed by atoms with van der Waals surface area (Å²) < 4.78 is 38.3. The van der Waals surface area contributed by atoms with Gasteiger partial charge >= 0.3 is 0 Å². The van der Waals surface area contributed by atoms with Crippen LogP contribution in [0, 0.1) is 0 Å². The Bertz CT molecular complexity index is 752. The molecule has 0 heterocycles. The molecular weight excluding hydrogens is 526 g/mol. The molecule has 1 aromatic carbocycles. The summed E-state index contributed by atoms with van der Waals surface area (Å²) in [7, 11) is -6.32. The molecule has 2 N–H and O–H groups in total. The molecular formula is C23H48N2O10P2-2. The van der Waals surface area contributed by atoms with Gasteiger partial charge in [-0.05, 0) is 5.56 Å². The Morgan fingerprint density at radius 1 is 0.784 bits per heavy atom. The molecule has 2 unspecified atom stereocenters. The zero-order valence-electron chi connectivity index (χ0n) is 21.6. The number of phosphoric acid groups is 2. The van der Waals surface area contributed by atoms with Crippen molar-refractivity contribution in [2.24, 2.45) is 0 Å². The molecule has 0 saturated carbocycles. The first-order valence-electron chi connectivity index (χ1n) is 11.1. The van der Waals surface area contributed by atoms with Crippen molar-refractivity contribution in [3.63, 3.8) is 0 Å². The largest absolute Gasteiger partial charge is 0.756 e. The molecule has 0 aliphatic carbocycles.